The summed E-state index contributed by atoms with van der Waals surface area (Å²) in [5.41, 5.74) is 4.38. The number of hydrogen-bond donors (Lipinski definition) is 3. The molecular weight excluding hydrogens is 367 g/mol. The number of aryl methyl sites for hydroxylation is 1. The number of halogens is 1. The van der Waals surface area contributed by atoms with Gasteiger partial charge in [0.25, 0.3) is 0 Å². The van der Waals surface area contributed by atoms with Crippen molar-refractivity contribution in [2.24, 2.45) is 0 Å². The van der Waals surface area contributed by atoms with E-state index in [4.69, 9.17) is 0 Å². The normalized spacial score (nSPS) is 25.9. The predicted octanol–water partition coefficient (Wildman–Crippen LogP) is 3.57. The lowest BCUT2D eigenvalue weighted by molar-refractivity contribution is -0.116. The third-order valence-corrected chi connectivity index (χ3v) is 6.55. The molecule has 152 valence electrons. The second-order valence-electron chi connectivity index (χ2n) is 8.39. The van der Waals surface area contributed by atoms with Gasteiger partial charge in [-0.25, -0.2) is 4.39 Å². The Morgan fingerprint density at radius 1 is 1.24 bits per heavy atom. The van der Waals surface area contributed by atoms with Gasteiger partial charge in [0.15, 0.2) is 0 Å². The summed E-state index contributed by atoms with van der Waals surface area (Å²) in [4.78, 5) is 15.4. The van der Waals surface area contributed by atoms with Gasteiger partial charge < -0.3 is 16.0 Å². The standard InChI is InChI=1S/C23H27FN4O/c1-14-8-9-18(24)17-13-19(27-22(14)17)23(29)26-16-5-2-4-15(12-16)20-6-3-7-21-25-10-11-28(20)21/h2,4-5,8-9,12,19-21,25,27H,3,6-7,10-11,13H2,1H3,(H,26,29). The van der Waals surface area contributed by atoms with Crippen LogP contribution in [0.3, 0.4) is 0 Å². The number of nitrogens with zero attached hydrogens (tertiary/aromatic N) is 1. The van der Waals surface area contributed by atoms with Crippen molar-refractivity contribution in [3.05, 3.63) is 58.9 Å². The van der Waals surface area contributed by atoms with Gasteiger partial charge in [-0.05, 0) is 55.5 Å². The molecule has 0 spiro atoms. The molecule has 3 atom stereocenters. The molecule has 2 aromatic carbocycles. The topological polar surface area (TPSA) is 56.4 Å². The van der Waals surface area contributed by atoms with Crippen molar-refractivity contribution in [3.8, 4) is 0 Å². The molecule has 0 aliphatic carbocycles. The van der Waals surface area contributed by atoms with Crippen LogP contribution >= 0.6 is 0 Å². The lowest BCUT2D eigenvalue weighted by atomic mass is 9.94. The number of anilines is 2. The molecule has 6 heteroatoms. The summed E-state index contributed by atoms with van der Waals surface area (Å²) in [6, 6.07) is 11.4. The van der Waals surface area contributed by atoms with E-state index in [-0.39, 0.29) is 11.7 Å². The first-order valence-electron chi connectivity index (χ1n) is 10.5. The summed E-state index contributed by atoms with van der Waals surface area (Å²) >= 11 is 0. The lowest BCUT2D eigenvalue weighted by Crippen LogP contribution is -2.41. The second-order valence-corrected chi connectivity index (χ2v) is 8.39. The molecule has 3 heterocycles. The number of rotatable bonds is 3. The Kier molecular flexibility index (Phi) is 4.76. The number of carbonyl (C=O) groups is 1. The summed E-state index contributed by atoms with van der Waals surface area (Å²) in [7, 11) is 0. The number of piperidine rings is 1. The molecule has 29 heavy (non-hydrogen) atoms. The molecule has 1 amide bonds. The molecule has 2 saturated heterocycles. The maximum Gasteiger partial charge on any atom is 0.247 e. The minimum Gasteiger partial charge on any atom is -0.373 e. The molecule has 5 nitrogen and oxygen atoms in total. The van der Waals surface area contributed by atoms with Crippen molar-refractivity contribution < 1.29 is 9.18 Å². The highest BCUT2D eigenvalue weighted by Crippen LogP contribution is 2.36. The van der Waals surface area contributed by atoms with Crippen molar-refractivity contribution in [2.75, 3.05) is 23.7 Å². The minimum absolute atomic E-state index is 0.124. The van der Waals surface area contributed by atoms with Gasteiger partial charge in [-0.1, -0.05) is 18.2 Å². The highest BCUT2D eigenvalue weighted by atomic mass is 19.1. The van der Waals surface area contributed by atoms with Crippen LogP contribution in [0.25, 0.3) is 0 Å². The molecular formula is C23H27FN4O. The highest BCUT2D eigenvalue weighted by molar-refractivity contribution is 5.98. The maximum atomic E-state index is 14.1. The molecule has 3 unspecified atom stereocenters. The molecule has 0 bridgehead atoms. The summed E-state index contributed by atoms with van der Waals surface area (Å²) in [5.74, 6) is -0.372. The van der Waals surface area contributed by atoms with Gasteiger partial charge in [0.1, 0.15) is 11.9 Å². The highest BCUT2D eigenvalue weighted by Gasteiger charge is 2.34. The molecule has 0 radical (unpaired) electrons. The molecule has 3 aliphatic rings. The second kappa shape index (κ2) is 7.43. The van der Waals surface area contributed by atoms with E-state index in [1.807, 2.05) is 19.1 Å². The quantitative estimate of drug-likeness (QED) is 0.745. The smallest absolute Gasteiger partial charge is 0.247 e. The summed E-state index contributed by atoms with van der Waals surface area (Å²) in [6.07, 6.45) is 4.42. The van der Waals surface area contributed by atoms with E-state index in [0.29, 0.717) is 24.2 Å². The van der Waals surface area contributed by atoms with E-state index >= 15 is 0 Å². The predicted molar refractivity (Wildman–Crippen MR) is 112 cm³/mol. The van der Waals surface area contributed by atoms with Gasteiger partial charge >= 0.3 is 0 Å². The summed E-state index contributed by atoms with van der Waals surface area (Å²) in [6.45, 7) is 4.04. The first kappa shape index (κ1) is 18.6. The number of fused-ring (bicyclic) bond motifs is 2. The zero-order valence-electron chi connectivity index (χ0n) is 16.7. The van der Waals surface area contributed by atoms with Crippen LogP contribution in [0.5, 0.6) is 0 Å². The van der Waals surface area contributed by atoms with E-state index in [1.165, 1.54) is 24.5 Å². The van der Waals surface area contributed by atoms with Crippen LogP contribution in [-0.4, -0.2) is 36.1 Å². The van der Waals surface area contributed by atoms with Gasteiger partial charge in [-0.3, -0.25) is 9.69 Å². The first-order valence-corrected chi connectivity index (χ1v) is 10.5. The minimum atomic E-state index is -0.453. The first-order chi connectivity index (χ1) is 14.1. The van der Waals surface area contributed by atoms with Crippen molar-refractivity contribution >= 4 is 17.3 Å². The Morgan fingerprint density at radius 2 is 2.14 bits per heavy atom. The lowest BCUT2D eigenvalue weighted by Gasteiger charge is -2.37. The molecule has 0 aromatic heterocycles. The largest absolute Gasteiger partial charge is 0.373 e. The molecule has 3 aliphatic heterocycles. The zero-order chi connectivity index (χ0) is 20.0. The van der Waals surface area contributed by atoms with Crippen LogP contribution in [0.15, 0.2) is 36.4 Å². The van der Waals surface area contributed by atoms with Gasteiger partial charge in [0.05, 0.1) is 6.17 Å². The Hall–Kier alpha value is -2.44. The van der Waals surface area contributed by atoms with Gasteiger partial charge in [-0.15, -0.1) is 0 Å². The Bertz CT molecular complexity index is 915. The van der Waals surface area contributed by atoms with Crippen LogP contribution in [0.2, 0.25) is 0 Å². The van der Waals surface area contributed by atoms with Crippen molar-refractivity contribution in [1.29, 1.82) is 0 Å². The van der Waals surface area contributed by atoms with Gasteiger partial charge in [-0.2, -0.15) is 0 Å². The molecule has 2 fully saturated rings. The van der Waals surface area contributed by atoms with Gasteiger partial charge in [0, 0.05) is 42.5 Å². The van der Waals surface area contributed by atoms with Crippen LogP contribution < -0.4 is 16.0 Å². The van der Waals surface area contributed by atoms with E-state index in [2.05, 4.69) is 33.0 Å². The Morgan fingerprint density at radius 3 is 3.00 bits per heavy atom. The number of amides is 1. The van der Waals surface area contributed by atoms with Crippen LogP contribution in [0.1, 0.15) is 42.0 Å². The fourth-order valence-corrected chi connectivity index (χ4v) is 5.08. The van der Waals surface area contributed by atoms with E-state index in [1.54, 1.807) is 6.07 Å². The monoisotopic (exact) mass is 394 g/mol. The molecule has 2 aromatic rings. The van der Waals surface area contributed by atoms with E-state index in [0.717, 1.165) is 36.4 Å². The van der Waals surface area contributed by atoms with E-state index < -0.39 is 6.04 Å². The van der Waals surface area contributed by atoms with Crippen LogP contribution in [0.4, 0.5) is 15.8 Å². The van der Waals surface area contributed by atoms with E-state index in [9.17, 15) is 9.18 Å². The van der Waals surface area contributed by atoms with Crippen molar-refractivity contribution in [1.82, 2.24) is 10.2 Å². The zero-order valence-corrected chi connectivity index (χ0v) is 16.7. The van der Waals surface area contributed by atoms with Gasteiger partial charge in [0.2, 0.25) is 5.91 Å². The third kappa shape index (κ3) is 3.40. The fourth-order valence-electron chi connectivity index (χ4n) is 5.08. The Labute approximate surface area is 170 Å². The number of carbonyl (C=O) groups excluding carboxylic acids is 1. The fraction of sp³-hybridized carbons (Fsp3) is 0.435. The van der Waals surface area contributed by atoms with Crippen molar-refractivity contribution in [3.63, 3.8) is 0 Å². The molecule has 5 rings (SSSR count). The van der Waals surface area contributed by atoms with Crippen LogP contribution in [-0.2, 0) is 11.2 Å². The maximum absolute atomic E-state index is 14.1. The number of hydrogen-bond acceptors (Lipinski definition) is 4. The SMILES string of the molecule is Cc1ccc(F)c2c1NC(C(=O)Nc1cccc(C3CCCC4NCCN43)c1)C2. The number of benzene rings is 2. The molecule has 0 saturated carbocycles. The summed E-state index contributed by atoms with van der Waals surface area (Å²) < 4.78 is 14.1. The third-order valence-electron chi connectivity index (χ3n) is 6.55. The summed E-state index contributed by atoms with van der Waals surface area (Å²) in [5, 5.41) is 9.82. The van der Waals surface area contributed by atoms with Crippen molar-refractivity contribution in [2.45, 2.75) is 50.9 Å². The average Bonchev–Trinajstić information content (AvgIpc) is 3.38. The average molecular weight is 394 g/mol. The Balaban J connectivity index is 1.30. The molecule has 3 N–H and O–H groups in total. The number of nitrogens with one attached hydrogen (secondary N) is 3. The van der Waals surface area contributed by atoms with Crippen LogP contribution in [0, 0.1) is 12.7 Å².